The minimum Gasteiger partial charge on any atom is -0.480 e. The second kappa shape index (κ2) is 6.02. The fourth-order valence-corrected chi connectivity index (χ4v) is 4.71. The van der Waals surface area contributed by atoms with Crippen LogP contribution >= 0.6 is 0 Å². The van der Waals surface area contributed by atoms with Gasteiger partial charge in [-0.25, -0.2) is 0 Å². The highest BCUT2D eigenvalue weighted by molar-refractivity contribution is 5.73. The van der Waals surface area contributed by atoms with Crippen LogP contribution in [0.1, 0.15) is 51.9 Å². The van der Waals surface area contributed by atoms with Crippen LogP contribution in [0.15, 0.2) is 0 Å². The first-order valence-electron chi connectivity index (χ1n) is 8.39. The highest BCUT2D eigenvalue weighted by atomic mass is 16.4. The molecule has 3 fully saturated rings. The van der Waals surface area contributed by atoms with Crippen LogP contribution in [0, 0.1) is 5.92 Å². The molecule has 20 heavy (non-hydrogen) atoms. The molecule has 1 aliphatic carbocycles. The molecule has 2 saturated heterocycles. The van der Waals surface area contributed by atoms with Crippen molar-refractivity contribution in [2.75, 3.05) is 19.6 Å². The van der Waals surface area contributed by atoms with Gasteiger partial charge in [-0.05, 0) is 64.1 Å². The van der Waals surface area contributed by atoms with Gasteiger partial charge in [0.05, 0.1) is 0 Å². The van der Waals surface area contributed by atoms with Gasteiger partial charge in [-0.1, -0.05) is 13.3 Å². The molecule has 0 amide bonds. The first kappa shape index (κ1) is 14.3. The molecule has 0 aromatic rings. The summed E-state index contributed by atoms with van der Waals surface area (Å²) in [5, 5.41) is 9.32. The van der Waals surface area contributed by atoms with Crippen LogP contribution in [-0.2, 0) is 4.79 Å². The minimum atomic E-state index is -0.616. The number of nitrogens with zero attached hydrogens (tertiary/aromatic N) is 2. The summed E-state index contributed by atoms with van der Waals surface area (Å²) in [7, 11) is 0. The summed E-state index contributed by atoms with van der Waals surface area (Å²) in [6, 6.07) is 1.09. The quantitative estimate of drug-likeness (QED) is 0.860. The second-order valence-electron chi connectivity index (χ2n) is 6.98. The van der Waals surface area contributed by atoms with Gasteiger partial charge in [-0.3, -0.25) is 9.69 Å². The summed E-state index contributed by atoms with van der Waals surface area (Å²) < 4.78 is 0. The van der Waals surface area contributed by atoms with Crippen molar-refractivity contribution in [1.29, 1.82) is 0 Å². The molecule has 3 rings (SSSR count). The molecule has 0 spiro atoms. The van der Waals surface area contributed by atoms with Crippen LogP contribution in [0.3, 0.4) is 0 Å². The van der Waals surface area contributed by atoms with Crippen LogP contribution in [0.5, 0.6) is 0 Å². The average molecular weight is 280 g/mol. The predicted molar refractivity (Wildman–Crippen MR) is 78.8 cm³/mol. The highest BCUT2D eigenvalue weighted by Gasteiger charge is 2.38. The Balaban J connectivity index is 1.54. The van der Waals surface area contributed by atoms with Gasteiger partial charge < -0.3 is 10.0 Å². The Hall–Kier alpha value is -0.610. The van der Waals surface area contributed by atoms with E-state index in [-0.39, 0.29) is 6.04 Å². The smallest absolute Gasteiger partial charge is 0.320 e. The molecule has 3 atom stereocenters. The van der Waals surface area contributed by atoms with Gasteiger partial charge in [0.15, 0.2) is 0 Å². The standard InChI is InChI=1S/C16H28N2O2/c1-12-4-2-5-14(12)17-10-7-13(8-11-17)18-9-3-6-15(18)16(19)20/h12-15H,2-11H2,1H3,(H,19,20). The topological polar surface area (TPSA) is 43.8 Å². The largest absolute Gasteiger partial charge is 0.480 e. The molecule has 1 saturated carbocycles. The number of carboxylic acids is 1. The van der Waals surface area contributed by atoms with E-state index >= 15 is 0 Å². The van der Waals surface area contributed by atoms with Crippen LogP contribution in [0.2, 0.25) is 0 Å². The van der Waals surface area contributed by atoms with Crippen molar-refractivity contribution in [3.63, 3.8) is 0 Å². The maximum Gasteiger partial charge on any atom is 0.320 e. The van der Waals surface area contributed by atoms with E-state index in [0.29, 0.717) is 6.04 Å². The van der Waals surface area contributed by atoms with Crippen molar-refractivity contribution in [2.24, 2.45) is 5.92 Å². The molecule has 4 heteroatoms. The Labute approximate surface area is 122 Å². The summed E-state index contributed by atoms with van der Waals surface area (Å²) in [6.45, 7) is 5.72. The van der Waals surface area contributed by atoms with Gasteiger partial charge in [0.1, 0.15) is 6.04 Å². The first-order valence-corrected chi connectivity index (χ1v) is 8.39. The van der Waals surface area contributed by atoms with Crippen molar-refractivity contribution >= 4 is 5.97 Å². The molecular weight excluding hydrogens is 252 g/mol. The molecule has 3 unspecified atom stereocenters. The summed E-state index contributed by atoms with van der Waals surface area (Å²) in [4.78, 5) is 16.3. The lowest BCUT2D eigenvalue weighted by molar-refractivity contribution is -0.143. The third kappa shape index (κ3) is 2.73. The van der Waals surface area contributed by atoms with Crippen molar-refractivity contribution in [3.05, 3.63) is 0 Å². The van der Waals surface area contributed by atoms with Gasteiger partial charge in [0, 0.05) is 12.1 Å². The highest BCUT2D eigenvalue weighted by Crippen LogP contribution is 2.33. The van der Waals surface area contributed by atoms with E-state index in [0.717, 1.165) is 44.2 Å². The lowest BCUT2D eigenvalue weighted by atomic mass is 9.97. The number of carbonyl (C=O) groups is 1. The zero-order chi connectivity index (χ0) is 14.1. The Morgan fingerprint density at radius 3 is 2.35 bits per heavy atom. The van der Waals surface area contributed by atoms with Crippen LogP contribution < -0.4 is 0 Å². The molecule has 0 bridgehead atoms. The number of piperidine rings is 1. The summed E-state index contributed by atoms with van der Waals surface area (Å²) in [6.07, 6.45) is 8.36. The molecule has 2 aliphatic heterocycles. The molecule has 0 aromatic heterocycles. The van der Waals surface area contributed by atoms with Gasteiger partial charge in [0.2, 0.25) is 0 Å². The molecule has 1 N–H and O–H groups in total. The van der Waals surface area contributed by atoms with Gasteiger partial charge in [-0.15, -0.1) is 0 Å². The van der Waals surface area contributed by atoms with Crippen molar-refractivity contribution < 1.29 is 9.90 Å². The van der Waals surface area contributed by atoms with Crippen molar-refractivity contribution in [3.8, 4) is 0 Å². The molecule has 4 nitrogen and oxygen atoms in total. The minimum absolute atomic E-state index is 0.211. The van der Waals surface area contributed by atoms with E-state index in [2.05, 4.69) is 16.7 Å². The number of hydrogen-bond donors (Lipinski definition) is 1. The fraction of sp³-hybridized carbons (Fsp3) is 0.938. The first-order chi connectivity index (χ1) is 9.66. The number of carboxylic acid groups (broad SMARTS) is 1. The molecule has 3 aliphatic rings. The number of aliphatic carboxylic acids is 1. The second-order valence-corrected chi connectivity index (χ2v) is 6.98. The van der Waals surface area contributed by atoms with E-state index in [9.17, 15) is 9.90 Å². The normalized spacial score (nSPS) is 37.5. The van der Waals surface area contributed by atoms with Gasteiger partial charge in [-0.2, -0.15) is 0 Å². The third-order valence-corrected chi connectivity index (χ3v) is 5.83. The molecule has 0 radical (unpaired) electrons. The molecule has 2 heterocycles. The maximum atomic E-state index is 11.3. The monoisotopic (exact) mass is 280 g/mol. The maximum absolute atomic E-state index is 11.3. The van der Waals surface area contributed by atoms with E-state index in [1.54, 1.807) is 0 Å². The van der Waals surface area contributed by atoms with Crippen LogP contribution in [0.4, 0.5) is 0 Å². The SMILES string of the molecule is CC1CCCC1N1CCC(N2CCCC2C(=O)O)CC1. The van der Waals surface area contributed by atoms with Crippen molar-refractivity contribution in [1.82, 2.24) is 9.80 Å². The van der Waals surface area contributed by atoms with Crippen molar-refractivity contribution in [2.45, 2.75) is 70.0 Å². The summed E-state index contributed by atoms with van der Waals surface area (Å²) in [5.41, 5.74) is 0. The lowest BCUT2D eigenvalue weighted by Crippen LogP contribution is -2.51. The number of likely N-dealkylation sites (tertiary alicyclic amines) is 2. The van der Waals surface area contributed by atoms with E-state index in [4.69, 9.17) is 0 Å². The predicted octanol–water partition coefficient (Wildman–Crippen LogP) is 2.19. The Kier molecular flexibility index (Phi) is 4.32. The third-order valence-electron chi connectivity index (χ3n) is 5.83. The zero-order valence-corrected chi connectivity index (χ0v) is 12.6. The summed E-state index contributed by atoms with van der Waals surface area (Å²) in [5.74, 6) is 0.236. The van der Waals surface area contributed by atoms with Crippen LogP contribution in [0.25, 0.3) is 0 Å². The zero-order valence-electron chi connectivity index (χ0n) is 12.6. The van der Waals surface area contributed by atoms with E-state index in [1.165, 1.54) is 32.4 Å². The molecule has 0 aromatic carbocycles. The number of rotatable bonds is 3. The summed E-state index contributed by atoms with van der Waals surface area (Å²) >= 11 is 0. The molecular formula is C16H28N2O2. The van der Waals surface area contributed by atoms with Crippen LogP contribution in [-0.4, -0.2) is 58.6 Å². The Morgan fingerprint density at radius 2 is 1.75 bits per heavy atom. The van der Waals surface area contributed by atoms with Gasteiger partial charge >= 0.3 is 5.97 Å². The Bertz CT molecular complexity index is 352. The number of hydrogen-bond acceptors (Lipinski definition) is 3. The lowest BCUT2D eigenvalue weighted by Gasteiger charge is -2.41. The average Bonchev–Trinajstić information content (AvgIpc) is 3.07. The van der Waals surface area contributed by atoms with E-state index < -0.39 is 5.97 Å². The molecule has 114 valence electrons. The van der Waals surface area contributed by atoms with Gasteiger partial charge in [0.25, 0.3) is 0 Å². The van der Waals surface area contributed by atoms with E-state index in [1.807, 2.05) is 0 Å². The fourth-order valence-electron chi connectivity index (χ4n) is 4.71. The Morgan fingerprint density at radius 1 is 1.00 bits per heavy atom.